The zero-order valence-electron chi connectivity index (χ0n) is 8.64. The smallest absolute Gasteiger partial charge is 0.238 e. The highest BCUT2D eigenvalue weighted by Crippen LogP contribution is 2.26. The Morgan fingerprint density at radius 3 is 2.88 bits per heavy atom. The quantitative estimate of drug-likeness (QED) is 0.831. The Hall–Kier alpha value is -1.81. The second kappa shape index (κ2) is 4.81. The van der Waals surface area contributed by atoms with Crippen molar-refractivity contribution in [1.82, 2.24) is 9.97 Å². The largest absolute Gasteiger partial charge is 0.479 e. The SMILES string of the molecule is COc1nc(Cl)ccc1Nc1cccnc1. The molecule has 0 radical (unpaired) electrons. The zero-order chi connectivity index (χ0) is 11.4. The average molecular weight is 236 g/mol. The molecule has 0 aromatic carbocycles. The van der Waals surface area contributed by atoms with E-state index in [4.69, 9.17) is 16.3 Å². The second-order valence-electron chi connectivity index (χ2n) is 3.06. The minimum absolute atomic E-state index is 0.397. The van der Waals surface area contributed by atoms with Crippen molar-refractivity contribution in [2.24, 2.45) is 0 Å². The van der Waals surface area contributed by atoms with E-state index >= 15 is 0 Å². The summed E-state index contributed by atoms with van der Waals surface area (Å²) in [5, 5.41) is 3.54. The molecule has 2 aromatic heterocycles. The van der Waals surface area contributed by atoms with Gasteiger partial charge in [0.2, 0.25) is 5.88 Å². The van der Waals surface area contributed by atoms with E-state index in [1.807, 2.05) is 12.1 Å². The first-order chi connectivity index (χ1) is 7.79. The van der Waals surface area contributed by atoms with Gasteiger partial charge in [0.1, 0.15) is 10.8 Å². The van der Waals surface area contributed by atoms with Crippen LogP contribution >= 0.6 is 11.6 Å². The fraction of sp³-hybridized carbons (Fsp3) is 0.0909. The molecule has 0 atom stereocenters. The predicted molar refractivity (Wildman–Crippen MR) is 63.3 cm³/mol. The molecule has 0 aliphatic carbocycles. The van der Waals surface area contributed by atoms with Gasteiger partial charge in [0, 0.05) is 6.20 Å². The summed E-state index contributed by atoms with van der Waals surface area (Å²) < 4.78 is 5.12. The van der Waals surface area contributed by atoms with Gasteiger partial charge in [-0.15, -0.1) is 0 Å². The van der Waals surface area contributed by atoms with Crippen molar-refractivity contribution in [1.29, 1.82) is 0 Å². The standard InChI is InChI=1S/C11H10ClN3O/c1-16-11-9(4-5-10(12)15-11)14-8-3-2-6-13-7-8/h2-7,14H,1H3. The summed E-state index contributed by atoms with van der Waals surface area (Å²) >= 11 is 5.77. The molecule has 82 valence electrons. The lowest BCUT2D eigenvalue weighted by molar-refractivity contribution is 0.400. The first-order valence-corrected chi connectivity index (χ1v) is 5.05. The van der Waals surface area contributed by atoms with Crippen LogP contribution in [-0.4, -0.2) is 17.1 Å². The van der Waals surface area contributed by atoms with E-state index in [1.54, 1.807) is 31.6 Å². The van der Waals surface area contributed by atoms with Crippen molar-refractivity contribution >= 4 is 23.0 Å². The molecule has 0 spiro atoms. The van der Waals surface area contributed by atoms with Crippen LogP contribution in [0.3, 0.4) is 0 Å². The number of methoxy groups -OCH3 is 1. The molecule has 0 unspecified atom stereocenters. The third-order valence-electron chi connectivity index (χ3n) is 1.96. The Labute approximate surface area is 98.3 Å². The average Bonchev–Trinajstić information content (AvgIpc) is 2.33. The number of hydrogen-bond acceptors (Lipinski definition) is 4. The number of ether oxygens (including phenoxy) is 1. The molecular formula is C11H10ClN3O. The first-order valence-electron chi connectivity index (χ1n) is 4.67. The molecular weight excluding hydrogens is 226 g/mol. The van der Waals surface area contributed by atoms with Gasteiger partial charge < -0.3 is 10.1 Å². The summed E-state index contributed by atoms with van der Waals surface area (Å²) in [6.45, 7) is 0. The highest BCUT2D eigenvalue weighted by Gasteiger charge is 2.05. The number of aromatic nitrogens is 2. The maximum Gasteiger partial charge on any atom is 0.238 e. The summed E-state index contributed by atoms with van der Waals surface area (Å²) in [5.41, 5.74) is 1.62. The van der Waals surface area contributed by atoms with Crippen LogP contribution in [0.25, 0.3) is 0 Å². The van der Waals surface area contributed by atoms with Crippen LogP contribution < -0.4 is 10.1 Å². The summed E-state index contributed by atoms with van der Waals surface area (Å²) in [6, 6.07) is 7.25. The Morgan fingerprint density at radius 2 is 2.19 bits per heavy atom. The van der Waals surface area contributed by atoms with Gasteiger partial charge in [-0.2, -0.15) is 4.98 Å². The predicted octanol–water partition coefficient (Wildman–Crippen LogP) is 2.88. The molecule has 5 heteroatoms. The summed E-state index contributed by atoms with van der Waals surface area (Å²) in [4.78, 5) is 8.05. The summed E-state index contributed by atoms with van der Waals surface area (Å²) in [6.07, 6.45) is 3.43. The minimum Gasteiger partial charge on any atom is -0.479 e. The van der Waals surface area contributed by atoms with Crippen LogP contribution in [0.2, 0.25) is 5.15 Å². The van der Waals surface area contributed by atoms with E-state index in [0.29, 0.717) is 11.0 Å². The van der Waals surface area contributed by atoms with Crippen molar-refractivity contribution in [3.63, 3.8) is 0 Å². The molecule has 0 aliphatic heterocycles. The lowest BCUT2D eigenvalue weighted by atomic mass is 10.3. The Balaban J connectivity index is 2.28. The molecule has 16 heavy (non-hydrogen) atoms. The third kappa shape index (κ3) is 2.41. The summed E-state index contributed by atoms with van der Waals surface area (Å²) in [5.74, 6) is 0.455. The van der Waals surface area contributed by atoms with Crippen LogP contribution in [0.5, 0.6) is 5.88 Å². The lowest BCUT2D eigenvalue weighted by Crippen LogP contribution is -1.97. The monoisotopic (exact) mass is 235 g/mol. The van der Waals surface area contributed by atoms with Gasteiger partial charge in [-0.1, -0.05) is 11.6 Å². The molecule has 0 fully saturated rings. The van der Waals surface area contributed by atoms with E-state index in [2.05, 4.69) is 15.3 Å². The topological polar surface area (TPSA) is 47.0 Å². The zero-order valence-corrected chi connectivity index (χ0v) is 9.40. The lowest BCUT2D eigenvalue weighted by Gasteiger charge is -2.09. The van der Waals surface area contributed by atoms with Gasteiger partial charge in [-0.25, -0.2) is 0 Å². The van der Waals surface area contributed by atoms with Gasteiger partial charge >= 0.3 is 0 Å². The number of hydrogen-bond donors (Lipinski definition) is 1. The van der Waals surface area contributed by atoms with Crippen molar-refractivity contribution in [3.05, 3.63) is 41.8 Å². The Kier molecular flexibility index (Phi) is 3.22. The number of anilines is 2. The first kappa shape index (κ1) is 10.7. The molecule has 0 saturated carbocycles. The van der Waals surface area contributed by atoms with Crippen LogP contribution in [0.15, 0.2) is 36.7 Å². The molecule has 0 bridgehead atoms. The maximum absolute atomic E-state index is 5.77. The Bertz CT molecular complexity index is 476. The third-order valence-corrected chi connectivity index (χ3v) is 2.17. The molecule has 2 heterocycles. The number of pyridine rings is 2. The van der Waals surface area contributed by atoms with E-state index in [-0.39, 0.29) is 0 Å². The molecule has 0 aliphatic rings. The van der Waals surface area contributed by atoms with Crippen LogP contribution in [-0.2, 0) is 0 Å². The molecule has 1 N–H and O–H groups in total. The molecule has 0 saturated heterocycles. The van der Waals surface area contributed by atoms with Crippen molar-refractivity contribution in [3.8, 4) is 5.88 Å². The minimum atomic E-state index is 0.397. The number of halogens is 1. The molecule has 0 amide bonds. The number of nitrogens with one attached hydrogen (secondary N) is 1. The number of rotatable bonds is 3. The molecule has 4 nitrogen and oxygen atoms in total. The van der Waals surface area contributed by atoms with Crippen molar-refractivity contribution < 1.29 is 4.74 Å². The fourth-order valence-corrected chi connectivity index (χ4v) is 1.40. The second-order valence-corrected chi connectivity index (χ2v) is 3.44. The highest BCUT2D eigenvalue weighted by atomic mass is 35.5. The molecule has 2 aromatic rings. The molecule has 2 rings (SSSR count). The van der Waals surface area contributed by atoms with E-state index in [1.165, 1.54) is 0 Å². The highest BCUT2D eigenvalue weighted by molar-refractivity contribution is 6.29. The van der Waals surface area contributed by atoms with Gasteiger partial charge in [0.15, 0.2) is 0 Å². The van der Waals surface area contributed by atoms with Gasteiger partial charge in [-0.3, -0.25) is 4.98 Å². The van der Waals surface area contributed by atoms with E-state index in [0.717, 1.165) is 11.4 Å². The van der Waals surface area contributed by atoms with E-state index < -0.39 is 0 Å². The van der Waals surface area contributed by atoms with Crippen LogP contribution in [0, 0.1) is 0 Å². The van der Waals surface area contributed by atoms with Crippen molar-refractivity contribution in [2.75, 3.05) is 12.4 Å². The number of nitrogens with zero attached hydrogens (tertiary/aromatic N) is 2. The summed E-state index contributed by atoms with van der Waals surface area (Å²) in [7, 11) is 1.55. The van der Waals surface area contributed by atoms with Gasteiger partial charge in [-0.05, 0) is 24.3 Å². The Morgan fingerprint density at radius 1 is 1.31 bits per heavy atom. The fourth-order valence-electron chi connectivity index (χ4n) is 1.26. The van der Waals surface area contributed by atoms with Gasteiger partial charge in [0.05, 0.1) is 19.0 Å². The van der Waals surface area contributed by atoms with Gasteiger partial charge in [0.25, 0.3) is 0 Å². The van der Waals surface area contributed by atoms with Crippen LogP contribution in [0.1, 0.15) is 0 Å². The van der Waals surface area contributed by atoms with Crippen LogP contribution in [0.4, 0.5) is 11.4 Å². The normalized spacial score (nSPS) is 9.88. The van der Waals surface area contributed by atoms with Crippen molar-refractivity contribution in [2.45, 2.75) is 0 Å². The maximum atomic E-state index is 5.77. The van der Waals surface area contributed by atoms with E-state index in [9.17, 15) is 0 Å².